The molecule has 400 valence electrons. The van der Waals surface area contributed by atoms with Crippen molar-refractivity contribution in [2.75, 3.05) is 26.3 Å². The number of amides is 2. The third-order valence-corrected chi connectivity index (χ3v) is 12.7. The molecule has 0 spiro atoms. The Labute approximate surface area is 399 Å². The second kappa shape index (κ2) is 27.5. The molecular formula is C43H76N4O22. The van der Waals surface area contributed by atoms with Gasteiger partial charge in [0.1, 0.15) is 42.7 Å². The molecule has 3 rings (SSSR count). The molecule has 17 atom stereocenters. The Balaban J connectivity index is 1.89. The lowest BCUT2D eigenvalue weighted by atomic mass is 9.87. The van der Waals surface area contributed by atoms with Gasteiger partial charge in [0.2, 0.25) is 11.8 Å². The topological polar surface area (TPSA) is 436 Å². The molecule has 3 aliphatic heterocycles. The number of rotatable bonds is 30. The van der Waals surface area contributed by atoms with E-state index in [-0.39, 0.29) is 13.0 Å². The molecule has 0 saturated carbocycles. The number of unbranched alkanes of at least 4 members (excludes halogenated alkanes) is 9. The van der Waals surface area contributed by atoms with Gasteiger partial charge in [-0.15, -0.1) is 0 Å². The molecule has 2 amide bonds. The summed E-state index contributed by atoms with van der Waals surface area (Å²) < 4.78 is 28.1. The second-order valence-corrected chi connectivity index (χ2v) is 18.1. The Bertz CT molecular complexity index is 1650. The number of carbonyl (C=O) groups excluding carboxylic acids is 2. The van der Waals surface area contributed by atoms with Crippen LogP contribution in [0.3, 0.4) is 0 Å². The minimum atomic E-state index is -3.28. The molecule has 0 aromatic heterocycles. The summed E-state index contributed by atoms with van der Waals surface area (Å²) in [5.41, 5.74) is 6.17. The minimum Gasteiger partial charge on any atom is -0.477 e. The molecule has 26 heteroatoms. The first-order valence-corrected chi connectivity index (χ1v) is 23.6. The van der Waals surface area contributed by atoms with Crippen molar-refractivity contribution in [3.8, 4) is 0 Å². The Morgan fingerprint density at radius 2 is 1.10 bits per heavy atom. The van der Waals surface area contributed by atoms with E-state index in [2.05, 4.69) is 22.9 Å². The minimum absolute atomic E-state index is 0.167. The van der Waals surface area contributed by atoms with Gasteiger partial charge in [-0.05, 0) is 13.0 Å². The Kier molecular flexibility index (Phi) is 23.9. The van der Waals surface area contributed by atoms with Crippen LogP contribution in [0.5, 0.6) is 0 Å². The monoisotopic (exact) mass is 1000 g/mol. The molecule has 3 fully saturated rings. The molecule has 0 aliphatic carbocycles. The zero-order valence-electron chi connectivity index (χ0n) is 39.3. The highest BCUT2D eigenvalue weighted by Crippen LogP contribution is 2.39. The fraction of sp³-hybridized carbons (Fsp3) is 0.884. The maximum Gasteiger partial charge on any atom is 0.364 e. The average Bonchev–Trinajstić information content (AvgIpc) is 3.29. The number of hydrogen-bond acceptors (Lipinski definition) is 21. The van der Waals surface area contributed by atoms with Crippen LogP contribution < -0.4 is 21.7 Å². The smallest absolute Gasteiger partial charge is 0.364 e. The van der Waals surface area contributed by atoms with Crippen LogP contribution in [0, 0.1) is 0 Å². The third-order valence-electron chi connectivity index (χ3n) is 12.7. The predicted octanol–water partition coefficient (Wildman–Crippen LogP) is -4.15. The van der Waals surface area contributed by atoms with E-state index in [1.165, 1.54) is 39.0 Å². The molecule has 17 N–H and O–H groups in total. The highest BCUT2D eigenvalue weighted by atomic mass is 16.8. The highest BCUT2D eigenvalue weighted by molar-refractivity contribution is 5.78. The summed E-state index contributed by atoms with van der Waals surface area (Å²) >= 11 is 0. The van der Waals surface area contributed by atoms with Crippen molar-refractivity contribution >= 4 is 29.7 Å². The molecule has 69 heavy (non-hydrogen) atoms. The van der Waals surface area contributed by atoms with Crippen molar-refractivity contribution in [3.63, 3.8) is 0 Å². The van der Waals surface area contributed by atoms with E-state index in [0.29, 0.717) is 6.54 Å². The zero-order chi connectivity index (χ0) is 51.9. The van der Waals surface area contributed by atoms with Gasteiger partial charge in [-0.25, -0.2) is 14.4 Å². The number of aliphatic hydroxyl groups excluding tert-OH is 8. The maximum atomic E-state index is 13.2. The number of aliphatic carboxylic acids is 3. The summed E-state index contributed by atoms with van der Waals surface area (Å²) in [6.07, 6.45) is -15.2. The molecule has 0 radical (unpaired) electrons. The number of ether oxygens (including phenoxy) is 5. The second-order valence-electron chi connectivity index (χ2n) is 18.1. The van der Waals surface area contributed by atoms with Crippen LogP contribution in [0.2, 0.25) is 0 Å². The van der Waals surface area contributed by atoms with Gasteiger partial charge >= 0.3 is 17.9 Å². The fourth-order valence-corrected chi connectivity index (χ4v) is 8.81. The highest BCUT2D eigenvalue weighted by Gasteiger charge is 2.61. The van der Waals surface area contributed by atoms with Gasteiger partial charge < -0.3 is 107 Å². The largest absolute Gasteiger partial charge is 0.477 e. The normalized spacial score (nSPS) is 33.9. The molecule has 0 aromatic carbocycles. The van der Waals surface area contributed by atoms with E-state index in [4.69, 9.17) is 29.4 Å². The number of hydrogen-bond donors (Lipinski definition) is 16. The van der Waals surface area contributed by atoms with Crippen LogP contribution in [-0.2, 0) is 47.7 Å². The van der Waals surface area contributed by atoms with Crippen LogP contribution in [0.25, 0.3) is 0 Å². The number of nitrogens with two attached hydrogens (primary N) is 1. The molecular weight excluding hydrogens is 924 g/mol. The lowest BCUT2D eigenvalue weighted by molar-refractivity contribution is -0.354. The van der Waals surface area contributed by atoms with Gasteiger partial charge in [-0.1, -0.05) is 71.6 Å². The summed E-state index contributed by atoms with van der Waals surface area (Å²) in [5.74, 6) is -17.2. The number of carboxylic acid groups (broad SMARTS) is 3. The first-order chi connectivity index (χ1) is 32.5. The van der Waals surface area contributed by atoms with Gasteiger partial charge in [0.05, 0.1) is 55.8 Å². The first-order valence-electron chi connectivity index (χ1n) is 23.6. The molecule has 17 unspecified atom stereocenters. The fourth-order valence-electron chi connectivity index (χ4n) is 8.81. The van der Waals surface area contributed by atoms with Crippen molar-refractivity contribution < 1.29 is 109 Å². The van der Waals surface area contributed by atoms with Gasteiger partial charge in [-0.2, -0.15) is 0 Å². The van der Waals surface area contributed by atoms with E-state index in [1.807, 2.05) is 0 Å². The SMILES string of the molecule is CCCCCCCCCCCCNCC(O)C1OC(OC(CO)C(O)C2OC(OC(CO)C(O)C3OC(O)(C(=O)O)CC(O)C3NC(C)=O)(C(=O)O)CC(O)C2NC(=O)CC)(C(=O)O)CC(O)C1N. The van der Waals surface area contributed by atoms with Gasteiger partial charge in [0.15, 0.2) is 0 Å². The van der Waals surface area contributed by atoms with Crippen LogP contribution in [0.1, 0.15) is 111 Å². The standard InChI is InChI=1S/C43H76N4O22/c1-4-6-7-8-9-10-11-12-13-14-15-45-19-26(54)35-30(44)23(51)17-42(68-35,39(60)61)65-28(21-49)34(57)37-32(47-29(55)5-2)25(53)18-43(69-37,40(62)63)66-27(20-48)33(56)36-31(46-22(3)50)24(52)16-41(64,67-36)38(58)59/h23-28,30-37,45,48-49,51-54,56-57,64H,4-21,44H2,1-3H3,(H,46,50)(H,47,55)(H,58,59)(H,60,61)(H,62,63). The molecule has 26 nitrogen and oxygen atoms in total. The van der Waals surface area contributed by atoms with Gasteiger partial charge in [-0.3, -0.25) is 9.59 Å². The zero-order valence-corrected chi connectivity index (χ0v) is 39.3. The quantitative estimate of drug-likeness (QED) is 0.0304. The number of carboxylic acids is 3. The molecule has 0 bridgehead atoms. The van der Waals surface area contributed by atoms with Crippen molar-refractivity contribution in [1.29, 1.82) is 0 Å². The lowest BCUT2D eigenvalue weighted by Gasteiger charge is -2.50. The van der Waals surface area contributed by atoms with Crippen molar-refractivity contribution in [2.45, 2.75) is 213 Å². The van der Waals surface area contributed by atoms with E-state index < -0.39 is 165 Å². The van der Waals surface area contributed by atoms with Crippen LogP contribution >= 0.6 is 0 Å². The van der Waals surface area contributed by atoms with E-state index in [1.54, 1.807) is 0 Å². The van der Waals surface area contributed by atoms with Crippen LogP contribution in [0.4, 0.5) is 0 Å². The van der Waals surface area contributed by atoms with Gasteiger partial charge in [0.25, 0.3) is 17.4 Å². The summed E-state index contributed by atoms with van der Waals surface area (Å²) in [4.78, 5) is 62.9. The number of nitrogens with one attached hydrogen (secondary N) is 3. The number of carbonyl (C=O) groups is 5. The Hall–Kier alpha value is -3.29. The van der Waals surface area contributed by atoms with Crippen LogP contribution in [0.15, 0.2) is 0 Å². The molecule has 3 saturated heterocycles. The van der Waals surface area contributed by atoms with E-state index >= 15 is 0 Å². The van der Waals surface area contributed by atoms with Crippen LogP contribution in [-0.4, -0.2) is 220 Å². The van der Waals surface area contributed by atoms with Gasteiger partial charge in [0, 0.05) is 39.2 Å². The predicted molar refractivity (Wildman–Crippen MR) is 234 cm³/mol. The third kappa shape index (κ3) is 15.8. The summed E-state index contributed by atoms with van der Waals surface area (Å²) in [6, 6.07) is -4.91. The maximum absolute atomic E-state index is 13.2. The van der Waals surface area contributed by atoms with Crippen molar-refractivity contribution in [2.24, 2.45) is 5.73 Å². The molecule has 3 heterocycles. The summed E-state index contributed by atoms with van der Waals surface area (Å²) in [7, 11) is 0. The van der Waals surface area contributed by atoms with Crippen molar-refractivity contribution in [3.05, 3.63) is 0 Å². The average molecular weight is 1000 g/mol. The van der Waals surface area contributed by atoms with E-state index in [0.717, 1.165) is 39.0 Å². The molecule has 3 aliphatic rings. The Morgan fingerprint density at radius 1 is 0.652 bits per heavy atom. The summed E-state index contributed by atoms with van der Waals surface area (Å²) in [6.45, 7) is 2.15. The first kappa shape index (κ1) is 60.0. The lowest BCUT2D eigenvalue weighted by Crippen LogP contribution is -2.71. The van der Waals surface area contributed by atoms with E-state index in [9.17, 15) is 85.3 Å². The molecule has 0 aromatic rings. The van der Waals surface area contributed by atoms with Crippen molar-refractivity contribution in [1.82, 2.24) is 16.0 Å². The Morgan fingerprint density at radius 3 is 1.57 bits per heavy atom. The summed E-state index contributed by atoms with van der Waals surface area (Å²) in [5, 5.41) is 138. The number of aliphatic hydroxyl groups is 9.